The number of nitrogens with zero attached hydrogens (tertiary/aromatic N) is 4. The molecule has 1 saturated heterocycles. The minimum Gasteiger partial charge on any atom is -0.354 e. The maximum atomic E-state index is 6.10. The molecule has 1 aliphatic heterocycles. The number of benzene rings is 1. The summed E-state index contributed by atoms with van der Waals surface area (Å²) in [4.78, 5) is 14.0. The second-order valence-electron chi connectivity index (χ2n) is 6.20. The van der Waals surface area contributed by atoms with Gasteiger partial charge in [0.2, 0.25) is 5.95 Å². The monoisotopic (exact) mass is 345 g/mol. The minimum absolute atomic E-state index is 0.619. The standard InChI is InChI=1S/C18H24ClN5/c1-4-23-7-9-24(10-8-23)17-11-14(3)20-18(22-17)21-16-12-15(19)6-5-13(16)2/h5-6,11-12H,4,7-10H2,1-3H3,(H,20,21,22). The van der Waals surface area contributed by atoms with Crippen LogP contribution in [0.25, 0.3) is 0 Å². The van der Waals surface area contributed by atoms with Crippen LogP contribution < -0.4 is 10.2 Å². The zero-order chi connectivity index (χ0) is 17.1. The van der Waals surface area contributed by atoms with Gasteiger partial charge in [0.1, 0.15) is 5.82 Å². The average molecular weight is 346 g/mol. The fourth-order valence-corrected chi connectivity index (χ4v) is 3.08. The third-order valence-electron chi connectivity index (χ3n) is 4.43. The number of rotatable bonds is 4. The van der Waals surface area contributed by atoms with E-state index < -0.39 is 0 Å². The molecular formula is C18H24ClN5. The van der Waals surface area contributed by atoms with E-state index in [1.54, 1.807) is 0 Å². The van der Waals surface area contributed by atoms with Crippen molar-refractivity contribution in [2.45, 2.75) is 20.8 Å². The van der Waals surface area contributed by atoms with E-state index in [0.717, 1.165) is 55.5 Å². The van der Waals surface area contributed by atoms with E-state index in [1.165, 1.54) is 0 Å². The van der Waals surface area contributed by atoms with Crippen molar-refractivity contribution >= 4 is 29.1 Å². The smallest absolute Gasteiger partial charge is 0.229 e. The fraction of sp³-hybridized carbons (Fsp3) is 0.444. The summed E-state index contributed by atoms with van der Waals surface area (Å²) in [5.74, 6) is 1.61. The molecule has 0 unspecified atom stereocenters. The SMILES string of the molecule is CCN1CCN(c2cc(C)nc(Nc3cc(Cl)ccc3C)n2)CC1. The Hall–Kier alpha value is -1.85. The predicted molar refractivity (Wildman–Crippen MR) is 101 cm³/mol. The van der Waals surface area contributed by atoms with Gasteiger partial charge in [-0.1, -0.05) is 24.6 Å². The Morgan fingerprint density at radius 2 is 1.83 bits per heavy atom. The number of piperazine rings is 1. The third-order valence-corrected chi connectivity index (χ3v) is 4.67. The number of halogens is 1. The molecule has 1 N–H and O–H groups in total. The zero-order valence-electron chi connectivity index (χ0n) is 14.5. The molecule has 0 radical (unpaired) electrons. The number of aryl methyl sites for hydroxylation is 2. The van der Waals surface area contributed by atoms with Crippen LogP contribution in [-0.4, -0.2) is 47.6 Å². The quantitative estimate of drug-likeness (QED) is 0.916. The first kappa shape index (κ1) is 17.0. The number of hydrogen-bond donors (Lipinski definition) is 1. The van der Waals surface area contributed by atoms with Crippen molar-refractivity contribution in [3.63, 3.8) is 0 Å². The molecule has 1 aromatic carbocycles. The summed E-state index contributed by atoms with van der Waals surface area (Å²) in [6.07, 6.45) is 0. The molecule has 0 atom stereocenters. The lowest BCUT2D eigenvalue weighted by Crippen LogP contribution is -2.46. The topological polar surface area (TPSA) is 44.3 Å². The van der Waals surface area contributed by atoms with Crippen molar-refractivity contribution in [1.82, 2.24) is 14.9 Å². The van der Waals surface area contributed by atoms with Crippen molar-refractivity contribution in [3.05, 3.63) is 40.5 Å². The van der Waals surface area contributed by atoms with E-state index >= 15 is 0 Å². The Bertz CT molecular complexity index is 711. The number of likely N-dealkylation sites (N-methyl/N-ethyl adjacent to an activating group) is 1. The van der Waals surface area contributed by atoms with E-state index in [-0.39, 0.29) is 0 Å². The van der Waals surface area contributed by atoms with Crippen molar-refractivity contribution in [2.24, 2.45) is 0 Å². The molecule has 0 bridgehead atoms. The lowest BCUT2D eigenvalue weighted by atomic mass is 10.2. The molecule has 0 spiro atoms. The molecule has 0 saturated carbocycles. The molecule has 0 amide bonds. The first-order valence-corrected chi connectivity index (χ1v) is 8.79. The molecule has 2 heterocycles. The molecule has 1 fully saturated rings. The number of aromatic nitrogens is 2. The molecule has 128 valence electrons. The summed E-state index contributed by atoms with van der Waals surface area (Å²) in [7, 11) is 0. The van der Waals surface area contributed by atoms with Gasteiger partial charge in [-0.05, 0) is 38.1 Å². The molecule has 5 nitrogen and oxygen atoms in total. The molecule has 2 aromatic rings. The molecule has 1 aromatic heterocycles. The van der Waals surface area contributed by atoms with Gasteiger partial charge in [0.15, 0.2) is 0 Å². The van der Waals surface area contributed by atoms with Crippen LogP contribution in [0.15, 0.2) is 24.3 Å². The highest BCUT2D eigenvalue weighted by Crippen LogP contribution is 2.24. The Kier molecular flexibility index (Phi) is 5.21. The van der Waals surface area contributed by atoms with Gasteiger partial charge in [-0.15, -0.1) is 0 Å². The summed E-state index contributed by atoms with van der Waals surface area (Å²) < 4.78 is 0. The van der Waals surface area contributed by atoms with Crippen LogP contribution in [0.3, 0.4) is 0 Å². The zero-order valence-corrected chi connectivity index (χ0v) is 15.3. The highest BCUT2D eigenvalue weighted by Gasteiger charge is 2.18. The molecule has 6 heteroatoms. The first-order chi connectivity index (χ1) is 11.5. The fourth-order valence-electron chi connectivity index (χ4n) is 2.91. The Morgan fingerprint density at radius 1 is 1.08 bits per heavy atom. The number of anilines is 3. The van der Waals surface area contributed by atoms with Gasteiger partial charge in [-0.25, -0.2) is 4.98 Å². The van der Waals surface area contributed by atoms with Crippen LogP contribution >= 0.6 is 11.6 Å². The second kappa shape index (κ2) is 7.36. The van der Waals surface area contributed by atoms with Gasteiger partial charge in [0, 0.05) is 48.6 Å². The van der Waals surface area contributed by atoms with Crippen molar-refractivity contribution in [2.75, 3.05) is 42.9 Å². The Labute approximate surface area is 148 Å². The molecule has 3 rings (SSSR count). The minimum atomic E-state index is 0.619. The molecule has 0 aliphatic carbocycles. The average Bonchev–Trinajstić information content (AvgIpc) is 2.58. The number of hydrogen-bond acceptors (Lipinski definition) is 5. The van der Waals surface area contributed by atoms with Crippen LogP contribution in [0.5, 0.6) is 0 Å². The van der Waals surface area contributed by atoms with Gasteiger partial charge < -0.3 is 15.1 Å². The summed E-state index contributed by atoms with van der Waals surface area (Å²) in [6.45, 7) is 11.5. The highest BCUT2D eigenvalue weighted by atomic mass is 35.5. The van der Waals surface area contributed by atoms with E-state index in [1.807, 2.05) is 32.0 Å². The van der Waals surface area contributed by atoms with Gasteiger partial charge >= 0.3 is 0 Å². The van der Waals surface area contributed by atoms with Crippen LogP contribution in [-0.2, 0) is 0 Å². The van der Waals surface area contributed by atoms with Crippen LogP contribution in [0, 0.1) is 13.8 Å². The maximum absolute atomic E-state index is 6.10. The first-order valence-electron chi connectivity index (χ1n) is 8.41. The Morgan fingerprint density at radius 3 is 2.54 bits per heavy atom. The lowest BCUT2D eigenvalue weighted by molar-refractivity contribution is 0.270. The Balaban J connectivity index is 1.80. The normalized spacial score (nSPS) is 15.6. The highest BCUT2D eigenvalue weighted by molar-refractivity contribution is 6.30. The van der Waals surface area contributed by atoms with Crippen LogP contribution in [0.1, 0.15) is 18.2 Å². The van der Waals surface area contributed by atoms with Crippen molar-refractivity contribution in [1.29, 1.82) is 0 Å². The summed E-state index contributed by atoms with van der Waals surface area (Å²) in [5.41, 5.74) is 3.01. The predicted octanol–water partition coefficient (Wildman–Crippen LogP) is 3.63. The summed E-state index contributed by atoms with van der Waals surface area (Å²) in [6, 6.07) is 7.84. The van der Waals surface area contributed by atoms with E-state index in [0.29, 0.717) is 11.0 Å². The third kappa shape index (κ3) is 3.97. The molecule has 1 aliphatic rings. The van der Waals surface area contributed by atoms with Crippen LogP contribution in [0.2, 0.25) is 5.02 Å². The van der Waals surface area contributed by atoms with Gasteiger partial charge in [0.25, 0.3) is 0 Å². The van der Waals surface area contributed by atoms with Crippen molar-refractivity contribution < 1.29 is 0 Å². The van der Waals surface area contributed by atoms with E-state index in [9.17, 15) is 0 Å². The molecule has 24 heavy (non-hydrogen) atoms. The van der Waals surface area contributed by atoms with Gasteiger partial charge in [-0.2, -0.15) is 4.98 Å². The largest absolute Gasteiger partial charge is 0.354 e. The molecular weight excluding hydrogens is 322 g/mol. The van der Waals surface area contributed by atoms with Gasteiger partial charge in [0.05, 0.1) is 0 Å². The van der Waals surface area contributed by atoms with Crippen LogP contribution in [0.4, 0.5) is 17.5 Å². The number of nitrogens with one attached hydrogen (secondary N) is 1. The maximum Gasteiger partial charge on any atom is 0.229 e. The van der Waals surface area contributed by atoms with E-state index in [2.05, 4.69) is 33.1 Å². The second-order valence-corrected chi connectivity index (χ2v) is 6.63. The lowest BCUT2D eigenvalue weighted by Gasteiger charge is -2.34. The van der Waals surface area contributed by atoms with Crippen molar-refractivity contribution in [3.8, 4) is 0 Å². The van der Waals surface area contributed by atoms with E-state index in [4.69, 9.17) is 16.6 Å². The summed E-state index contributed by atoms with van der Waals surface area (Å²) >= 11 is 6.10. The summed E-state index contributed by atoms with van der Waals surface area (Å²) in [5, 5.41) is 4.01. The van der Waals surface area contributed by atoms with Gasteiger partial charge in [-0.3, -0.25) is 0 Å².